The van der Waals surface area contributed by atoms with Crippen LogP contribution in [0.3, 0.4) is 0 Å². The van der Waals surface area contributed by atoms with E-state index in [9.17, 15) is 4.79 Å². The molecular formula is C28H20ClN3O2S. The largest absolute Gasteiger partial charge is 0.457 e. The highest BCUT2D eigenvalue weighted by Gasteiger charge is 2.37. The second kappa shape index (κ2) is 8.80. The maximum atomic E-state index is 14.5. The molecule has 0 atom stereocenters. The predicted molar refractivity (Wildman–Crippen MR) is 140 cm³/mol. The Labute approximate surface area is 211 Å². The van der Waals surface area contributed by atoms with Crippen molar-refractivity contribution >= 4 is 44.2 Å². The van der Waals surface area contributed by atoms with Crippen molar-refractivity contribution in [2.24, 2.45) is 0 Å². The molecule has 0 saturated heterocycles. The van der Waals surface area contributed by atoms with Crippen LogP contribution in [0.15, 0.2) is 85.1 Å². The lowest BCUT2D eigenvalue weighted by molar-refractivity contribution is -0.119. The fraction of sp³-hybridized carbons (Fsp3) is 0.107. The number of benzene rings is 3. The number of rotatable bonds is 4. The molecule has 1 aliphatic rings. The summed E-state index contributed by atoms with van der Waals surface area (Å²) in [5, 5.41) is 1.22. The summed E-state index contributed by atoms with van der Waals surface area (Å²) in [5.41, 5.74) is 4.26. The van der Waals surface area contributed by atoms with Crippen LogP contribution in [-0.4, -0.2) is 15.9 Å². The topological polar surface area (TPSA) is 55.3 Å². The van der Waals surface area contributed by atoms with Crippen molar-refractivity contribution in [3.05, 3.63) is 112 Å². The van der Waals surface area contributed by atoms with Crippen LogP contribution in [0.5, 0.6) is 11.5 Å². The van der Waals surface area contributed by atoms with Crippen LogP contribution in [0.4, 0.5) is 5.13 Å². The second-order valence-corrected chi connectivity index (χ2v) is 9.78. The molecule has 1 aliphatic heterocycles. The van der Waals surface area contributed by atoms with E-state index in [1.807, 2.05) is 85.8 Å². The molecular weight excluding hydrogens is 478 g/mol. The molecule has 3 heterocycles. The van der Waals surface area contributed by atoms with Gasteiger partial charge in [-0.05, 0) is 42.8 Å². The Hall–Kier alpha value is -3.74. The number of hydrogen-bond donors (Lipinski definition) is 0. The van der Waals surface area contributed by atoms with Gasteiger partial charge in [0.25, 0.3) is 0 Å². The minimum atomic E-state index is -0.538. The van der Waals surface area contributed by atoms with Crippen LogP contribution in [0.1, 0.15) is 28.3 Å². The number of pyridine rings is 1. The van der Waals surface area contributed by atoms with Crippen LogP contribution in [0, 0.1) is 6.92 Å². The Bertz CT molecular complexity index is 1480. The van der Waals surface area contributed by atoms with Crippen molar-refractivity contribution in [3.63, 3.8) is 0 Å². The highest BCUT2D eigenvalue weighted by molar-refractivity contribution is 7.23. The van der Waals surface area contributed by atoms with Gasteiger partial charge in [0.05, 0.1) is 33.4 Å². The Morgan fingerprint density at radius 1 is 0.971 bits per heavy atom. The molecule has 0 fully saturated rings. The second-order valence-electron chi connectivity index (χ2n) is 8.39. The van der Waals surface area contributed by atoms with Gasteiger partial charge in [-0.15, -0.1) is 0 Å². The normalized spacial score (nSPS) is 12.6. The summed E-state index contributed by atoms with van der Waals surface area (Å²) in [6.45, 7) is 2.29. The van der Waals surface area contributed by atoms with Gasteiger partial charge in [-0.2, -0.15) is 0 Å². The molecule has 0 saturated carbocycles. The average Bonchev–Trinajstić information content (AvgIpc) is 3.35. The summed E-state index contributed by atoms with van der Waals surface area (Å²) in [4.78, 5) is 25.5. The molecule has 0 bridgehead atoms. The van der Waals surface area contributed by atoms with Gasteiger partial charge in [0.1, 0.15) is 11.5 Å². The van der Waals surface area contributed by atoms with Crippen LogP contribution < -0.4 is 9.64 Å². The Kier molecular flexibility index (Phi) is 5.47. The number of carbonyl (C=O) groups is 1. The van der Waals surface area contributed by atoms with Gasteiger partial charge in [-0.25, -0.2) is 4.98 Å². The molecule has 5 nitrogen and oxygen atoms in total. The number of aryl methyl sites for hydroxylation is 1. The first-order valence-corrected chi connectivity index (χ1v) is 12.4. The highest BCUT2D eigenvalue weighted by Crippen LogP contribution is 2.46. The number of fused-ring (bicyclic) bond motifs is 3. The fourth-order valence-electron chi connectivity index (χ4n) is 4.43. The van der Waals surface area contributed by atoms with E-state index in [0.29, 0.717) is 21.7 Å². The Morgan fingerprint density at radius 3 is 2.31 bits per heavy atom. The number of thiazole rings is 1. The van der Waals surface area contributed by atoms with E-state index in [1.165, 1.54) is 11.3 Å². The lowest BCUT2D eigenvalue weighted by atomic mass is 9.87. The number of nitrogens with zero attached hydrogens (tertiary/aromatic N) is 3. The van der Waals surface area contributed by atoms with Gasteiger partial charge in [0.15, 0.2) is 5.13 Å². The number of amides is 1. The number of carbonyl (C=O) groups excluding carboxylic acids is 1. The van der Waals surface area contributed by atoms with Crippen molar-refractivity contribution in [1.29, 1.82) is 0 Å². The Balaban J connectivity index is 1.52. The SMILES string of the molecule is Cc1ccc(Cl)c2sc(N(Cc3ccccn3)C(=O)C3c4ccccc4Oc4ccccc43)nc12. The number of aromatic nitrogens is 2. The van der Waals surface area contributed by atoms with Crippen molar-refractivity contribution in [1.82, 2.24) is 9.97 Å². The summed E-state index contributed by atoms with van der Waals surface area (Å²) < 4.78 is 7.00. The monoisotopic (exact) mass is 497 g/mol. The number of hydrogen-bond acceptors (Lipinski definition) is 5. The van der Waals surface area contributed by atoms with E-state index in [0.717, 1.165) is 32.6 Å². The third kappa shape index (κ3) is 3.85. The first kappa shape index (κ1) is 21.8. The van der Waals surface area contributed by atoms with Crippen LogP contribution in [0.2, 0.25) is 5.02 Å². The number of ether oxygens (including phenoxy) is 1. The molecule has 7 heteroatoms. The lowest BCUT2D eigenvalue weighted by Gasteiger charge is -2.31. The molecule has 172 valence electrons. The molecule has 6 rings (SSSR count). The molecule has 1 amide bonds. The molecule has 0 radical (unpaired) electrons. The maximum absolute atomic E-state index is 14.5. The quantitative estimate of drug-likeness (QED) is 0.265. The van der Waals surface area contributed by atoms with Crippen LogP contribution in [-0.2, 0) is 11.3 Å². The Morgan fingerprint density at radius 2 is 1.66 bits per heavy atom. The number of para-hydroxylation sites is 2. The van der Waals surface area contributed by atoms with Crippen molar-refractivity contribution in [2.45, 2.75) is 19.4 Å². The third-order valence-corrected chi connectivity index (χ3v) is 7.69. The molecule has 35 heavy (non-hydrogen) atoms. The first-order valence-electron chi connectivity index (χ1n) is 11.2. The van der Waals surface area contributed by atoms with Gasteiger partial charge in [0, 0.05) is 17.3 Å². The zero-order valence-corrected chi connectivity index (χ0v) is 20.4. The van der Waals surface area contributed by atoms with E-state index in [-0.39, 0.29) is 12.5 Å². The molecule has 0 N–H and O–H groups in total. The molecule has 0 aliphatic carbocycles. The van der Waals surface area contributed by atoms with Gasteiger partial charge < -0.3 is 4.74 Å². The van der Waals surface area contributed by atoms with Crippen LogP contribution >= 0.6 is 22.9 Å². The van der Waals surface area contributed by atoms with Crippen LogP contribution in [0.25, 0.3) is 10.2 Å². The molecule has 5 aromatic rings. The third-order valence-electron chi connectivity index (χ3n) is 6.16. The predicted octanol–water partition coefficient (Wildman–Crippen LogP) is 7.12. The van der Waals surface area contributed by atoms with Gasteiger partial charge in [-0.3, -0.25) is 14.7 Å². The summed E-state index contributed by atoms with van der Waals surface area (Å²) in [6.07, 6.45) is 1.73. The highest BCUT2D eigenvalue weighted by atomic mass is 35.5. The zero-order chi connectivity index (χ0) is 23.9. The van der Waals surface area contributed by atoms with E-state index in [2.05, 4.69) is 4.98 Å². The summed E-state index contributed by atoms with van der Waals surface area (Å²) in [6, 6.07) is 24.9. The van der Waals surface area contributed by atoms with E-state index >= 15 is 0 Å². The minimum Gasteiger partial charge on any atom is -0.457 e. The van der Waals surface area contributed by atoms with E-state index in [4.69, 9.17) is 21.3 Å². The number of halogens is 1. The summed E-state index contributed by atoms with van der Waals surface area (Å²) in [7, 11) is 0. The standard InChI is InChI=1S/C28H20ClN3O2S/c1-17-13-14-21(29)26-25(17)31-28(35-26)32(16-18-8-6-7-15-30-18)27(33)24-19-9-2-4-11-22(19)34-23-12-5-3-10-20(23)24/h2-15,24H,16H2,1H3. The summed E-state index contributed by atoms with van der Waals surface area (Å²) >= 11 is 7.93. The molecule has 2 aromatic heterocycles. The van der Waals surface area contributed by atoms with E-state index < -0.39 is 5.92 Å². The van der Waals surface area contributed by atoms with Crippen molar-refractivity contribution in [2.75, 3.05) is 4.90 Å². The van der Waals surface area contributed by atoms with Gasteiger partial charge in [0.2, 0.25) is 5.91 Å². The van der Waals surface area contributed by atoms with Gasteiger partial charge >= 0.3 is 0 Å². The first-order chi connectivity index (χ1) is 17.1. The van der Waals surface area contributed by atoms with Crippen molar-refractivity contribution < 1.29 is 9.53 Å². The fourth-order valence-corrected chi connectivity index (χ4v) is 5.75. The molecule has 0 spiro atoms. The summed E-state index contributed by atoms with van der Waals surface area (Å²) in [5.74, 6) is 0.742. The lowest BCUT2D eigenvalue weighted by Crippen LogP contribution is -2.36. The maximum Gasteiger partial charge on any atom is 0.241 e. The van der Waals surface area contributed by atoms with Gasteiger partial charge in [-0.1, -0.05) is 71.5 Å². The van der Waals surface area contributed by atoms with Crippen molar-refractivity contribution in [3.8, 4) is 11.5 Å². The smallest absolute Gasteiger partial charge is 0.241 e. The van der Waals surface area contributed by atoms with E-state index in [1.54, 1.807) is 11.1 Å². The minimum absolute atomic E-state index is 0.0910. The molecule has 0 unspecified atom stereocenters. The average molecular weight is 498 g/mol. The zero-order valence-electron chi connectivity index (χ0n) is 18.8. The molecule has 3 aromatic carbocycles. The number of anilines is 1.